The highest BCUT2D eigenvalue weighted by Gasteiger charge is 2.19. The number of hydrogen-bond acceptors (Lipinski definition) is 5. The van der Waals surface area contributed by atoms with Crippen LogP contribution >= 0.6 is 11.6 Å². The van der Waals surface area contributed by atoms with Gasteiger partial charge < -0.3 is 19.8 Å². The molecule has 6 heteroatoms. The number of hydrogen-bond donors (Lipinski definition) is 2. The number of aromatic hydroxyl groups is 1. The van der Waals surface area contributed by atoms with Gasteiger partial charge in [0.15, 0.2) is 0 Å². The highest BCUT2D eigenvalue weighted by atomic mass is 35.5. The molecule has 1 fully saturated rings. The lowest BCUT2D eigenvalue weighted by Gasteiger charge is -2.36. The Labute approximate surface area is 153 Å². The number of aliphatic hydroxyl groups is 1. The van der Waals surface area contributed by atoms with Crippen LogP contribution in [0.2, 0.25) is 5.02 Å². The molecule has 0 aromatic heterocycles. The van der Waals surface area contributed by atoms with E-state index >= 15 is 0 Å². The van der Waals surface area contributed by atoms with Crippen molar-refractivity contribution in [2.24, 2.45) is 0 Å². The number of phenols is 1. The van der Waals surface area contributed by atoms with Crippen molar-refractivity contribution in [2.45, 2.75) is 6.10 Å². The molecule has 1 saturated heterocycles. The second-order valence-corrected chi connectivity index (χ2v) is 6.66. The lowest BCUT2D eigenvalue weighted by molar-refractivity contribution is 0.0663. The van der Waals surface area contributed by atoms with Crippen molar-refractivity contribution in [1.82, 2.24) is 4.90 Å². The third kappa shape index (κ3) is 5.26. The van der Waals surface area contributed by atoms with Gasteiger partial charge in [-0.2, -0.15) is 0 Å². The van der Waals surface area contributed by atoms with Gasteiger partial charge in [-0.15, -0.1) is 0 Å². The van der Waals surface area contributed by atoms with Gasteiger partial charge in [-0.1, -0.05) is 11.6 Å². The Bertz CT molecular complexity index is 655. The number of phenolic OH excluding ortho intramolecular Hbond substituents is 1. The van der Waals surface area contributed by atoms with Crippen molar-refractivity contribution in [2.75, 3.05) is 44.2 Å². The number of benzene rings is 2. The van der Waals surface area contributed by atoms with Crippen LogP contribution in [0.15, 0.2) is 48.5 Å². The average Bonchev–Trinajstić information content (AvgIpc) is 2.63. The Morgan fingerprint density at radius 3 is 2.24 bits per heavy atom. The van der Waals surface area contributed by atoms with Crippen molar-refractivity contribution >= 4 is 17.3 Å². The standard InChI is InChI=1S/C19H23ClN2O3/c20-15-1-3-16(4-2-15)22-11-9-21(10-12-22)13-18(24)14-25-19-7-5-17(23)6-8-19/h1-8,18,23-24H,9-14H2/t18-/m0/s1. The summed E-state index contributed by atoms with van der Waals surface area (Å²) in [5, 5.41) is 20.2. The first-order chi connectivity index (χ1) is 12.1. The number of ether oxygens (including phenoxy) is 1. The molecule has 0 bridgehead atoms. The normalized spacial score (nSPS) is 16.6. The van der Waals surface area contributed by atoms with Crippen LogP contribution in [-0.4, -0.2) is 60.5 Å². The van der Waals surface area contributed by atoms with E-state index in [1.54, 1.807) is 24.3 Å². The number of nitrogens with zero attached hydrogens (tertiary/aromatic N) is 2. The minimum absolute atomic E-state index is 0.200. The molecule has 0 aliphatic carbocycles. The van der Waals surface area contributed by atoms with E-state index < -0.39 is 6.10 Å². The topological polar surface area (TPSA) is 56.2 Å². The van der Waals surface area contributed by atoms with Crippen LogP contribution in [0.4, 0.5) is 5.69 Å². The molecule has 1 atom stereocenters. The van der Waals surface area contributed by atoms with Gasteiger partial charge >= 0.3 is 0 Å². The molecule has 0 spiro atoms. The number of piperazine rings is 1. The molecule has 134 valence electrons. The van der Waals surface area contributed by atoms with Crippen LogP contribution in [0.5, 0.6) is 11.5 Å². The predicted molar refractivity (Wildman–Crippen MR) is 99.7 cm³/mol. The predicted octanol–water partition coefficient (Wildman–Crippen LogP) is 2.61. The Kier molecular flexibility index (Phi) is 6.02. The van der Waals surface area contributed by atoms with Crippen LogP contribution in [0.1, 0.15) is 0 Å². The van der Waals surface area contributed by atoms with E-state index in [1.807, 2.05) is 24.3 Å². The van der Waals surface area contributed by atoms with E-state index in [1.165, 1.54) is 5.69 Å². The number of anilines is 1. The molecule has 0 radical (unpaired) electrons. The Morgan fingerprint density at radius 1 is 0.960 bits per heavy atom. The monoisotopic (exact) mass is 362 g/mol. The van der Waals surface area contributed by atoms with Gasteiger partial charge in [0.1, 0.15) is 24.2 Å². The Balaban J connectivity index is 1.40. The second kappa shape index (κ2) is 8.43. The quantitative estimate of drug-likeness (QED) is 0.827. The highest BCUT2D eigenvalue weighted by Crippen LogP contribution is 2.20. The minimum atomic E-state index is -0.545. The molecular weight excluding hydrogens is 340 g/mol. The molecule has 0 unspecified atom stereocenters. The number of aliphatic hydroxyl groups excluding tert-OH is 1. The van der Waals surface area contributed by atoms with Crippen molar-refractivity contribution in [3.05, 3.63) is 53.6 Å². The molecule has 2 aromatic carbocycles. The van der Waals surface area contributed by atoms with Crippen molar-refractivity contribution in [1.29, 1.82) is 0 Å². The van der Waals surface area contributed by atoms with Gasteiger partial charge in [-0.25, -0.2) is 0 Å². The van der Waals surface area contributed by atoms with Crippen LogP contribution in [0.3, 0.4) is 0 Å². The molecule has 25 heavy (non-hydrogen) atoms. The van der Waals surface area contributed by atoms with Crippen LogP contribution in [-0.2, 0) is 0 Å². The molecule has 5 nitrogen and oxygen atoms in total. The summed E-state index contributed by atoms with van der Waals surface area (Å²) >= 11 is 5.93. The maximum atomic E-state index is 10.2. The third-order valence-electron chi connectivity index (χ3n) is 4.31. The first-order valence-electron chi connectivity index (χ1n) is 8.43. The van der Waals surface area contributed by atoms with Crippen LogP contribution < -0.4 is 9.64 Å². The fraction of sp³-hybridized carbons (Fsp3) is 0.368. The van der Waals surface area contributed by atoms with E-state index in [9.17, 15) is 10.2 Å². The SMILES string of the molecule is Oc1ccc(OC[C@@H](O)CN2CCN(c3ccc(Cl)cc3)CC2)cc1. The summed E-state index contributed by atoms with van der Waals surface area (Å²) in [6.07, 6.45) is -0.545. The first kappa shape index (κ1) is 17.9. The Hall–Kier alpha value is -1.95. The van der Waals surface area contributed by atoms with Gasteiger partial charge in [0.2, 0.25) is 0 Å². The van der Waals surface area contributed by atoms with Gasteiger partial charge in [-0.3, -0.25) is 4.90 Å². The summed E-state index contributed by atoms with van der Waals surface area (Å²) in [5.74, 6) is 0.843. The number of β-amino-alcohol motifs (C(OH)–C–C–N with tert-alkyl or cyclic N) is 1. The van der Waals surface area contributed by atoms with E-state index in [-0.39, 0.29) is 12.4 Å². The summed E-state index contributed by atoms with van der Waals surface area (Å²) in [6.45, 7) is 4.48. The summed E-state index contributed by atoms with van der Waals surface area (Å²) in [4.78, 5) is 4.57. The molecule has 0 saturated carbocycles. The van der Waals surface area contributed by atoms with Gasteiger partial charge in [0.25, 0.3) is 0 Å². The maximum absolute atomic E-state index is 10.2. The second-order valence-electron chi connectivity index (χ2n) is 6.22. The molecule has 0 amide bonds. The van der Waals surface area contributed by atoms with E-state index in [4.69, 9.17) is 16.3 Å². The zero-order chi connectivity index (χ0) is 17.6. The highest BCUT2D eigenvalue weighted by molar-refractivity contribution is 6.30. The van der Waals surface area contributed by atoms with Gasteiger partial charge in [0, 0.05) is 43.4 Å². The van der Waals surface area contributed by atoms with Crippen molar-refractivity contribution in [3.63, 3.8) is 0 Å². The zero-order valence-electron chi connectivity index (χ0n) is 14.0. The lowest BCUT2D eigenvalue weighted by atomic mass is 10.2. The Morgan fingerprint density at radius 2 is 1.60 bits per heavy atom. The van der Waals surface area contributed by atoms with E-state index in [2.05, 4.69) is 9.80 Å². The largest absolute Gasteiger partial charge is 0.508 e. The lowest BCUT2D eigenvalue weighted by Crippen LogP contribution is -2.49. The average molecular weight is 363 g/mol. The minimum Gasteiger partial charge on any atom is -0.508 e. The summed E-state index contributed by atoms with van der Waals surface area (Å²) in [5.41, 5.74) is 1.18. The molecule has 1 aliphatic heterocycles. The van der Waals surface area contributed by atoms with E-state index in [0.717, 1.165) is 31.2 Å². The van der Waals surface area contributed by atoms with Crippen molar-refractivity contribution in [3.8, 4) is 11.5 Å². The van der Waals surface area contributed by atoms with Crippen LogP contribution in [0, 0.1) is 0 Å². The van der Waals surface area contributed by atoms with Crippen LogP contribution in [0.25, 0.3) is 0 Å². The summed E-state index contributed by atoms with van der Waals surface area (Å²) in [6, 6.07) is 14.4. The summed E-state index contributed by atoms with van der Waals surface area (Å²) in [7, 11) is 0. The third-order valence-corrected chi connectivity index (χ3v) is 4.56. The molecule has 1 aliphatic rings. The van der Waals surface area contributed by atoms with E-state index in [0.29, 0.717) is 12.3 Å². The molecular formula is C19H23ClN2O3. The fourth-order valence-corrected chi connectivity index (χ4v) is 3.05. The zero-order valence-corrected chi connectivity index (χ0v) is 14.8. The smallest absolute Gasteiger partial charge is 0.119 e. The van der Waals surface area contributed by atoms with Gasteiger partial charge in [0.05, 0.1) is 0 Å². The molecule has 2 aromatic rings. The molecule has 3 rings (SSSR count). The first-order valence-corrected chi connectivity index (χ1v) is 8.81. The number of rotatable bonds is 6. The maximum Gasteiger partial charge on any atom is 0.119 e. The number of halogens is 1. The van der Waals surface area contributed by atoms with Gasteiger partial charge in [-0.05, 0) is 48.5 Å². The molecule has 2 N–H and O–H groups in total. The summed E-state index contributed by atoms with van der Waals surface area (Å²) < 4.78 is 5.56. The molecule has 1 heterocycles. The fourth-order valence-electron chi connectivity index (χ4n) is 2.93. The van der Waals surface area contributed by atoms with Crippen molar-refractivity contribution < 1.29 is 14.9 Å².